The first-order valence-electron chi connectivity index (χ1n) is 10.4. The number of nitrogens with zero attached hydrogens (tertiary/aromatic N) is 7. The molecule has 4 aromatic rings. The van der Waals surface area contributed by atoms with Crippen molar-refractivity contribution in [3.63, 3.8) is 0 Å². The fraction of sp³-hybridized carbons (Fsp3) is 0.304. The summed E-state index contributed by atoms with van der Waals surface area (Å²) in [5, 5.41) is 4.36. The Labute approximate surface area is 193 Å². The zero-order chi connectivity index (χ0) is 21.2. The van der Waals surface area contributed by atoms with E-state index in [0.717, 1.165) is 61.1 Å². The van der Waals surface area contributed by atoms with Gasteiger partial charge in [-0.05, 0) is 6.92 Å². The minimum atomic E-state index is 0. The van der Waals surface area contributed by atoms with Gasteiger partial charge in [0.25, 0.3) is 0 Å². The molecule has 166 valence electrons. The van der Waals surface area contributed by atoms with Crippen molar-refractivity contribution in [1.29, 1.82) is 0 Å². The molecule has 8 nitrogen and oxygen atoms in total. The summed E-state index contributed by atoms with van der Waals surface area (Å²) in [6.45, 7) is 6.86. The number of oxazole rings is 1. The van der Waals surface area contributed by atoms with Crippen LogP contribution >= 0.6 is 12.4 Å². The topological polar surface area (TPSA) is 76.1 Å². The molecule has 0 amide bonds. The van der Waals surface area contributed by atoms with Crippen LogP contribution in [-0.2, 0) is 13.6 Å². The van der Waals surface area contributed by atoms with E-state index >= 15 is 0 Å². The maximum atomic E-state index is 5.39. The van der Waals surface area contributed by atoms with Crippen molar-refractivity contribution in [2.45, 2.75) is 13.5 Å². The number of aromatic nitrogens is 5. The number of hydrogen-bond acceptors (Lipinski definition) is 7. The third-order valence-corrected chi connectivity index (χ3v) is 5.96. The van der Waals surface area contributed by atoms with Gasteiger partial charge in [-0.1, -0.05) is 24.3 Å². The van der Waals surface area contributed by atoms with Crippen molar-refractivity contribution in [2.75, 3.05) is 31.1 Å². The molecule has 0 unspecified atom stereocenters. The number of benzene rings is 1. The monoisotopic (exact) mass is 451 g/mol. The van der Waals surface area contributed by atoms with Gasteiger partial charge >= 0.3 is 0 Å². The summed E-state index contributed by atoms with van der Waals surface area (Å²) in [5.41, 5.74) is 5.46. The number of hydrogen-bond donors (Lipinski definition) is 0. The van der Waals surface area contributed by atoms with Gasteiger partial charge in [0, 0.05) is 74.5 Å². The molecule has 3 aromatic heterocycles. The first-order chi connectivity index (χ1) is 15.2. The fourth-order valence-electron chi connectivity index (χ4n) is 3.97. The van der Waals surface area contributed by atoms with Crippen LogP contribution in [0.4, 0.5) is 5.82 Å². The Kier molecular flexibility index (Phi) is 6.53. The molecule has 0 aliphatic carbocycles. The zero-order valence-corrected chi connectivity index (χ0v) is 19.0. The summed E-state index contributed by atoms with van der Waals surface area (Å²) >= 11 is 0. The third kappa shape index (κ3) is 4.37. The van der Waals surface area contributed by atoms with Crippen LogP contribution in [0.1, 0.15) is 11.3 Å². The van der Waals surface area contributed by atoms with Gasteiger partial charge < -0.3 is 9.32 Å². The first kappa shape index (κ1) is 22.0. The Morgan fingerprint density at radius 1 is 0.938 bits per heavy atom. The van der Waals surface area contributed by atoms with Crippen LogP contribution in [0.15, 0.2) is 59.9 Å². The molecule has 32 heavy (non-hydrogen) atoms. The maximum absolute atomic E-state index is 5.39. The standard InChI is InChI=1S/C23H25N7O.ClH/c1-17-20(13-27-28(17)2)15-29-9-11-30(12-10-29)23-22(25-7-8-26-23)19-5-3-18(4-6-19)21-14-24-16-31-21;/h3-8,13-14,16H,9-12,15H2,1-2H3;1H. The Balaban J connectivity index is 0.00000245. The molecule has 1 aromatic carbocycles. The Hall–Kier alpha value is -3.23. The highest BCUT2D eigenvalue weighted by Gasteiger charge is 2.22. The van der Waals surface area contributed by atoms with E-state index in [1.165, 1.54) is 17.7 Å². The van der Waals surface area contributed by atoms with Crippen LogP contribution in [0.2, 0.25) is 0 Å². The number of piperazine rings is 1. The van der Waals surface area contributed by atoms with Gasteiger partial charge in [0.05, 0.1) is 12.4 Å². The summed E-state index contributed by atoms with van der Waals surface area (Å²) in [5.74, 6) is 1.69. The van der Waals surface area contributed by atoms with E-state index in [1.54, 1.807) is 18.6 Å². The molecule has 5 rings (SSSR count). The fourth-order valence-corrected chi connectivity index (χ4v) is 3.97. The number of aryl methyl sites for hydroxylation is 1. The largest absolute Gasteiger partial charge is 0.444 e. The molecule has 0 bridgehead atoms. The molecule has 0 atom stereocenters. The molecular formula is C23H26ClN7O. The van der Waals surface area contributed by atoms with Crippen LogP contribution in [0.5, 0.6) is 0 Å². The van der Waals surface area contributed by atoms with Crippen LogP contribution < -0.4 is 4.90 Å². The van der Waals surface area contributed by atoms with Crippen LogP contribution in [0, 0.1) is 6.92 Å². The lowest BCUT2D eigenvalue weighted by Crippen LogP contribution is -2.46. The molecule has 4 heterocycles. The number of rotatable bonds is 5. The van der Waals surface area contributed by atoms with Crippen molar-refractivity contribution in [3.05, 3.63) is 66.7 Å². The number of halogens is 1. The van der Waals surface area contributed by atoms with Gasteiger partial charge in [-0.2, -0.15) is 5.10 Å². The molecule has 0 N–H and O–H groups in total. The van der Waals surface area contributed by atoms with E-state index in [0.29, 0.717) is 0 Å². The first-order valence-corrected chi connectivity index (χ1v) is 10.4. The molecule has 0 spiro atoms. The lowest BCUT2D eigenvalue weighted by Gasteiger charge is -2.35. The summed E-state index contributed by atoms with van der Waals surface area (Å²) in [6, 6.07) is 8.19. The highest BCUT2D eigenvalue weighted by Crippen LogP contribution is 2.29. The van der Waals surface area contributed by atoms with Crippen LogP contribution in [-0.4, -0.2) is 55.8 Å². The smallest absolute Gasteiger partial charge is 0.181 e. The predicted molar refractivity (Wildman–Crippen MR) is 126 cm³/mol. The highest BCUT2D eigenvalue weighted by atomic mass is 35.5. The van der Waals surface area contributed by atoms with Gasteiger partial charge in [0.15, 0.2) is 18.0 Å². The van der Waals surface area contributed by atoms with Crippen molar-refractivity contribution in [3.8, 4) is 22.6 Å². The average molecular weight is 452 g/mol. The van der Waals surface area contributed by atoms with E-state index in [1.807, 2.05) is 30.1 Å². The minimum absolute atomic E-state index is 0. The van der Waals surface area contributed by atoms with Gasteiger partial charge in [0.2, 0.25) is 0 Å². The molecule has 1 fully saturated rings. The molecule has 0 saturated carbocycles. The van der Waals surface area contributed by atoms with Crippen molar-refractivity contribution in [2.24, 2.45) is 7.05 Å². The molecule has 0 radical (unpaired) electrons. The molecule has 9 heteroatoms. The van der Waals surface area contributed by atoms with E-state index in [-0.39, 0.29) is 12.4 Å². The quantitative estimate of drug-likeness (QED) is 0.459. The van der Waals surface area contributed by atoms with E-state index in [2.05, 4.69) is 48.9 Å². The normalized spacial score (nSPS) is 14.4. The van der Waals surface area contributed by atoms with Crippen molar-refractivity contribution in [1.82, 2.24) is 29.6 Å². The summed E-state index contributed by atoms with van der Waals surface area (Å²) in [6.07, 6.45) is 8.66. The SMILES string of the molecule is Cc1c(CN2CCN(c3nccnc3-c3ccc(-c4cnco4)cc3)CC2)cnn1C.Cl. The second-order valence-electron chi connectivity index (χ2n) is 7.81. The Bertz CT molecular complexity index is 1150. The predicted octanol–water partition coefficient (Wildman–Crippen LogP) is 3.58. The minimum Gasteiger partial charge on any atom is -0.444 e. The molecular weight excluding hydrogens is 426 g/mol. The lowest BCUT2D eigenvalue weighted by molar-refractivity contribution is 0.249. The second-order valence-corrected chi connectivity index (χ2v) is 7.81. The maximum Gasteiger partial charge on any atom is 0.181 e. The van der Waals surface area contributed by atoms with Crippen molar-refractivity contribution >= 4 is 18.2 Å². The number of anilines is 1. The summed E-state index contributed by atoms with van der Waals surface area (Å²) < 4.78 is 7.32. The average Bonchev–Trinajstić information content (AvgIpc) is 3.46. The lowest BCUT2D eigenvalue weighted by atomic mass is 10.1. The van der Waals surface area contributed by atoms with Gasteiger partial charge in [-0.25, -0.2) is 9.97 Å². The third-order valence-electron chi connectivity index (χ3n) is 5.96. The van der Waals surface area contributed by atoms with Gasteiger partial charge in [-0.15, -0.1) is 12.4 Å². The molecule has 1 aliphatic rings. The van der Waals surface area contributed by atoms with Gasteiger partial charge in [-0.3, -0.25) is 14.6 Å². The molecule has 1 aliphatic heterocycles. The van der Waals surface area contributed by atoms with Crippen molar-refractivity contribution < 1.29 is 4.42 Å². The van der Waals surface area contributed by atoms with E-state index in [9.17, 15) is 0 Å². The Morgan fingerprint density at radius 2 is 1.66 bits per heavy atom. The van der Waals surface area contributed by atoms with E-state index < -0.39 is 0 Å². The Morgan fingerprint density at radius 3 is 2.31 bits per heavy atom. The van der Waals surface area contributed by atoms with Crippen LogP contribution in [0.25, 0.3) is 22.6 Å². The summed E-state index contributed by atoms with van der Waals surface area (Å²) in [4.78, 5) is 18.1. The zero-order valence-electron chi connectivity index (χ0n) is 18.2. The van der Waals surface area contributed by atoms with Gasteiger partial charge in [0.1, 0.15) is 5.69 Å². The van der Waals surface area contributed by atoms with E-state index in [4.69, 9.17) is 4.42 Å². The molecule has 1 saturated heterocycles. The highest BCUT2D eigenvalue weighted by molar-refractivity contribution is 5.85. The second kappa shape index (κ2) is 9.50. The van der Waals surface area contributed by atoms with Crippen LogP contribution in [0.3, 0.4) is 0 Å². The summed E-state index contributed by atoms with van der Waals surface area (Å²) in [7, 11) is 1.99.